The van der Waals surface area contributed by atoms with E-state index in [1.807, 2.05) is 0 Å². The molecule has 14 heavy (non-hydrogen) atoms. The van der Waals surface area contributed by atoms with Crippen molar-refractivity contribution in [3.05, 3.63) is 11.8 Å². The summed E-state index contributed by atoms with van der Waals surface area (Å²) in [6.07, 6.45) is 4.60. The molecule has 1 aliphatic carbocycles. The van der Waals surface area contributed by atoms with Gasteiger partial charge in [-0.3, -0.25) is 4.79 Å². The summed E-state index contributed by atoms with van der Waals surface area (Å²) in [4.78, 5) is 13.5. The number of rotatable bonds is 3. The molecular weight excluding hydrogens is 176 g/mol. The van der Waals surface area contributed by atoms with Crippen LogP contribution in [0.3, 0.4) is 0 Å². The van der Waals surface area contributed by atoms with Gasteiger partial charge in [-0.1, -0.05) is 6.92 Å². The van der Waals surface area contributed by atoms with Gasteiger partial charge < -0.3 is 10.2 Å². The lowest BCUT2D eigenvalue weighted by atomic mass is 10.2. The third-order valence-corrected chi connectivity index (χ3v) is 3.09. The Bertz CT molecular complexity index is 260. The fourth-order valence-corrected chi connectivity index (χ4v) is 2.21. The van der Waals surface area contributed by atoms with E-state index in [2.05, 4.69) is 17.1 Å². The molecule has 3 nitrogen and oxygen atoms in total. The molecule has 1 atom stereocenters. The predicted molar refractivity (Wildman–Crippen MR) is 56.0 cm³/mol. The SMILES string of the molecule is CCN1CCC(NC2=CC(=O)CC2)C1. The second-order valence-corrected chi connectivity index (χ2v) is 4.16. The van der Waals surface area contributed by atoms with Crippen LogP contribution in [0.1, 0.15) is 26.2 Å². The Balaban J connectivity index is 1.82. The molecule has 0 amide bonds. The van der Waals surface area contributed by atoms with Crippen LogP contribution in [0.15, 0.2) is 11.8 Å². The first kappa shape index (κ1) is 9.71. The minimum Gasteiger partial charge on any atom is -0.384 e. The van der Waals surface area contributed by atoms with E-state index in [9.17, 15) is 4.79 Å². The molecule has 1 N–H and O–H groups in total. The Morgan fingerprint density at radius 2 is 2.43 bits per heavy atom. The van der Waals surface area contributed by atoms with Gasteiger partial charge in [-0.05, 0) is 19.4 Å². The van der Waals surface area contributed by atoms with Gasteiger partial charge in [0.25, 0.3) is 0 Å². The highest BCUT2D eigenvalue weighted by atomic mass is 16.1. The van der Waals surface area contributed by atoms with Crippen molar-refractivity contribution in [2.24, 2.45) is 0 Å². The van der Waals surface area contributed by atoms with Crippen molar-refractivity contribution in [1.82, 2.24) is 10.2 Å². The van der Waals surface area contributed by atoms with Crippen molar-refractivity contribution in [2.75, 3.05) is 19.6 Å². The third kappa shape index (κ3) is 2.15. The summed E-state index contributed by atoms with van der Waals surface area (Å²) in [6.45, 7) is 5.65. The molecule has 1 aliphatic heterocycles. The Kier molecular flexibility index (Phi) is 2.87. The first-order chi connectivity index (χ1) is 6.78. The molecule has 1 saturated heterocycles. The maximum atomic E-state index is 11.0. The van der Waals surface area contributed by atoms with Gasteiger partial charge in [-0.2, -0.15) is 0 Å². The van der Waals surface area contributed by atoms with E-state index in [1.165, 1.54) is 13.0 Å². The zero-order chi connectivity index (χ0) is 9.97. The number of nitrogens with one attached hydrogen (secondary N) is 1. The molecule has 3 heteroatoms. The summed E-state index contributed by atoms with van der Waals surface area (Å²) in [5.41, 5.74) is 1.15. The summed E-state index contributed by atoms with van der Waals surface area (Å²) in [5.74, 6) is 0.276. The second kappa shape index (κ2) is 4.13. The van der Waals surface area contributed by atoms with E-state index >= 15 is 0 Å². The summed E-state index contributed by atoms with van der Waals surface area (Å²) < 4.78 is 0. The number of carbonyl (C=O) groups excluding carboxylic acids is 1. The molecule has 2 aliphatic rings. The Morgan fingerprint density at radius 1 is 1.57 bits per heavy atom. The fraction of sp³-hybridized carbons (Fsp3) is 0.727. The van der Waals surface area contributed by atoms with Crippen LogP contribution in [0.2, 0.25) is 0 Å². The van der Waals surface area contributed by atoms with Crippen LogP contribution < -0.4 is 5.32 Å². The van der Waals surface area contributed by atoms with E-state index < -0.39 is 0 Å². The lowest BCUT2D eigenvalue weighted by Gasteiger charge is -2.15. The van der Waals surface area contributed by atoms with Crippen molar-refractivity contribution >= 4 is 5.78 Å². The van der Waals surface area contributed by atoms with Crippen LogP contribution in [-0.2, 0) is 4.79 Å². The number of likely N-dealkylation sites (N-methyl/N-ethyl adjacent to an activating group) is 1. The van der Waals surface area contributed by atoms with E-state index in [4.69, 9.17) is 0 Å². The van der Waals surface area contributed by atoms with Gasteiger partial charge in [-0.15, -0.1) is 0 Å². The van der Waals surface area contributed by atoms with Gasteiger partial charge in [0.1, 0.15) is 0 Å². The number of hydrogen-bond acceptors (Lipinski definition) is 3. The van der Waals surface area contributed by atoms with Crippen LogP contribution in [0.25, 0.3) is 0 Å². The van der Waals surface area contributed by atoms with Crippen molar-refractivity contribution in [3.63, 3.8) is 0 Å². The largest absolute Gasteiger partial charge is 0.384 e. The molecule has 0 spiro atoms. The van der Waals surface area contributed by atoms with E-state index in [-0.39, 0.29) is 5.78 Å². The number of hydrogen-bond donors (Lipinski definition) is 1. The zero-order valence-electron chi connectivity index (χ0n) is 8.75. The summed E-state index contributed by atoms with van der Waals surface area (Å²) in [6, 6.07) is 0.562. The van der Waals surface area contributed by atoms with Gasteiger partial charge in [0.15, 0.2) is 5.78 Å². The zero-order valence-corrected chi connectivity index (χ0v) is 8.75. The van der Waals surface area contributed by atoms with Crippen LogP contribution in [0.4, 0.5) is 0 Å². The monoisotopic (exact) mass is 194 g/mol. The van der Waals surface area contributed by atoms with Gasteiger partial charge in [-0.25, -0.2) is 0 Å². The van der Waals surface area contributed by atoms with Crippen molar-refractivity contribution < 1.29 is 4.79 Å². The highest BCUT2D eigenvalue weighted by Gasteiger charge is 2.22. The average Bonchev–Trinajstić information content (AvgIpc) is 2.76. The number of allylic oxidation sites excluding steroid dienone is 2. The quantitative estimate of drug-likeness (QED) is 0.725. The maximum Gasteiger partial charge on any atom is 0.157 e. The van der Waals surface area contributed by atoms with E-state index in [1.54, 1.807) is 6.08 Å². The predicted octanol–water partition coefficient (Wildman–Crippen LogP) is 0.917. The molecule has 1 fully saturated rings. The van der Waals surface area contributed by atoms with E-state index in [0.29, 0.717) is 12.5 Å². The standard InChI is InChI=1S/C11H18N2O/c1-2-13-6-5-10(8-13)12-9-3-4-11(14)7-9/h7,10,12H,2-6,8H2,1H3. The van der Waals surface area contributed by atoms with Gasteiger partial charge in [0, 0.05) is 37.3 Å². The summed E-state index contributed by atoms with van der Waals surface area (Å²) >= 11 is 0. The Labute approximate surface area is 85.2 Å². The first-order valence-electron chi connectivity index (χ1n) is 5.50. The number of nitrogens with zero attached hydrogens (tertiary/aromatic N) is 1. The second-order valence-electron chi connectivity index (χ2n) is 4.16. The van der Waals surface area contributed by atoms with Gasteiger partial charge >= 0.3 is 0 Å². The van der Waals surface area contributed by atoms with Crippen LogP contribution in [-0.4, -0.2) is 36.4 Å². The number of ketones is 1. The Morgan fingerprint density at radius 3 is 3.00 bits per heavy atom. The highest BCUT2D eigenvalue weighted by molar-refractivity contribution is 5.92. The molecular formula is C11H18N2O. The fourth-order valence-electron chi connectivity index (χ4n) is 2.21. The van der Waals surface area contributed by atoms with E-state index in [0.717, 1.165) is 25.2 Å². The van der Waals surface area contributed by atoms with Crippen LogP contribution in [0, 0.1) is 0 Å². The molecule has 0 aromatic heterocycles. The minimum absolute atomic E-state index is 0.276. The Hall–Kier alpha value is -0.830. The van der Waals surface area contributed by atoms with Crippen LogP contribution in [0.5, 0.6) is 0 Å². The molecule has 1 heterocycles. The topological polar surface area (TPSA) is 32.3 Å². The number of likely N-dealkylation sites (tertiary alicyclic amines) is 1. The smallest absolute Gasteiger partial charge is 0.157 e. The molecule has 0 radical (unpaired) electrons. The molecule has 0 saturated carbocycles. The third-order valence-electron chi connectivity index (χ3n) is 3.09. The van der Waals surface area contributed by atoms with Crippen molar-refractivity contribution in [1.29, 1.82) is 0 Å². The van der Waals surface area contributed by atoms with Crippen molar-refractivity contribution in [2.45, 2.75) is 32.2 Å². The molecule has 0 bridgehead atoms. The molecule has 0 aromatic carbocycles. The molecule has 78 valence electrons. The average molecular weight is 194 g/mol. The van der Waals surface area contributed by atoms with Crippen molar-refractivity contribution in [3.8, 4) is 0 Å². The molecule has 2 rings (SSSR count). The lowest BCUT2D eigenvalue weighted by Crippen LogP contribution is -2.31. The maximum absolute atomic E-state index is 11.0. The van der Waals surface area contributed by atoms with Gasteiger partial charge in [0.2, 0.25) is 0 Å². The normalized spacial score (nSPS) is 28.2. The molecule has 1 unspecified atom stereocenters. The number of carbonyl (C=O) groups is 1. The molecule has 0 aromatic rings. The van der Waals surface area contributed by atoms with Crippen LogP contribution >= 0.6 is 0 Å². The minimum atomic E-state index is 0.276. The highest BCUT2D eigenvalue weighted by Crippen LogP contribution is 2.16. The first-order valence-corrected chi connectivity index (χ1v) is 5.50. The summed E-state index contributed by atoms with van der Waals surface area (Å²) in [7, 11) is 0. The van der Waals surface area contributed by atoms with Gasteiger partial charge in [0.05, 0.1) is 0 Å². The summed E-state index contributed by atoms with van der Waals surface area (Å²) in [5, 5.41) is 3.47. The lowest BCUT2D eigenvalue weighted by molar-refractivity contribution is -0.114.